The first-order chi connectivity index (χ1) is 16.0. The van der Waals surface area contributed by atoms with Gasteiger partial charge in [-0.25, -0.2) is 9.78 Å². The van der Waals surface area contributed by atoms with Gasteiger partial charge in [0.25, 0.3) is 0 Å². The largest absolute Gasteiger partial charge is 0.464 e. The van der Waals surface area contributed by atoms with Crippen LogP contribution in [0.5, 0.6) is 0 Å². The number of aromatic nitrogens is 2. The Morgan fingerprint density at radius 3 is 2.73 bits per heavy atom. The van der Waals surface area contributed by atoms with E-state index in [9.17, 15) is 9.59 Å². The molecular weight excluding hydrogens is 420 g/mol. The molecule has 1 aliphatic heterocycles. The number of nitrogens with one attached hydrogen (secondary N) is 2. The van der Waals surface area contributed by atoms with Gasteiger partial charge in [-0.1, -0.05) is 30.3 Å². The number of esters is 1. The highest BCUT2D eigenvalue weighted by Crippen LogP contribution is 2.34. The average molecular weight is 451 g/mol. The van der Waals surface area contributed by atoms with Crippen LogP contribution in [0.1, 0.15) is 36.3 Å². The van der Waals surface area contributed by atoms with Crippen LogP contribution >= 0.6 is 0 Å². The molecule has 174 valence electrons. The summed E-state index contributed by atoms with van der Waals surface area (Å²) in [7, 11) is 1.34. The normalized spacial score (nSPS) is 15.7. The Morgan fingerprint density at radius 1 is 1.27 bits per heavy atom. The van der Waals surface area contributed by atoms with E-state index in [1.165, 1.54) is 7.11 Å². The topological polar surface area (TPSA) is 94.5 Å². The number of benzene rings is 1. The maximum Gasteiger partial charge on any atom is 0.356 e. The van der Waals surface area contributed by atoms with E-state index >= 15 is 0 Å². The van der Waals surface area contributed by atoms with E-state index in [0.717, 1.165) is 11.3 Å². The molecule has 8 nitrogen and oxygen atoms in total. The number of hydrogen-bond acceptors (Lipinski definition) is 6. The highest BCUT2D eigenvalue weighted by molar-refractivity contribution is 6.11. The molecule has 1 aromatic carbocycles. The number of anilines is 2. The second kappa shape index (κ2) is 10.0. The lowest BCUT2D eigenvalue weighted by atomic mass is 10.1. The number of aryl methyl sites for hydroxylation is 2. The maximum absolute atomic E-state index is 13.0. The van der Waals surface area contributed by atoms with Gasteiger partial charge >= 0.3 is 5.97 Å². The standard InChI is InChI=1S/C25H30N4O4/c1-16(2)27-19-13-20-21(28-24(30)18-10-12-33-15-18)22(25(31)32-3)29(23(20)26-14-19)11-9-17-7-5-4-6-8-17/h4-8,13-14,16,18,27H,9-12,15H2,1-3H3,(H,28,30)/t18-/m1/s1. The molecule has 1 fully saturated rings. The van der Waals surface area contributed by atoms with Crippen LogP contribution in [0.4, 0.5) is 11.4 Å². The molecule has 0 bridgehead atoms. The molecule has 1 aliphatic rings. The summed E-state index contributed by atoms with van der Waals surface area (Å²) in [4.78, 5) is 30.6. The molecule has 1 saturated heterocycles. The smallest absolute Gasteiger partial charge is 0.356 e. The lowest BCUT2D eigenvalue weighted by Gasteiger charge is -2.12. The summed E-state index contributed by atoms with van der Waals surface area (Å²) < 4.78 is 12.3. The SMILES string of the molecule is COC(=O)c1c(NC(=O)[C@@H]2CCOC2)c2cc(NC(C)C)cnc2n1CCc1ccccc1. The number of carbonyl (C=O) groups excluding carboxylic acids is 2. The quantitative estimate of drug-likeness (QED) is 0.506. The minimum Gasteiger partial charge on any atom is -0.464 e. The average Bonchev–Trinajstić information content (AvgIpc) is 3.45. The molecule has 33 heavy (non-hydrogen) atoms. The molecule has 8 heteroatoms. The van der Waals surface area contributed by atoms with E-state index in [-0.39, 0.29) is 17.9 Å². The summed E-state index contributed by atoms with van der Waals surface area (Å²) in [6.07, 6.45) is 3.11. The summed E-state index contributed by atoms with van der Waals surface area (Å²) in [6, 6.07) is 12.2. The second-order valence-corrected chi connectivity index (χ2v) is 8.55. The molecule has 4 rings (SSSR count). The van der Waals surface area contributed by atoms with E-state index in [2.05, 4.69) is 15.6 Å². The number of hydrogen-bond donors (Lipinski definition) is 2. The Balaban J connectivity index is 1.80. The minimum atomic E-state index is -0.516. The van der Waals surface area contributed by atoms with Crippen molar-refractivity contribution in [3.05, 3.63) is 53.9 Å². The van der Waals surface area contributed by atoms with Gasteiger partial charge in [-0.2, -0.15) is 0 Å². The van der Waals surface area contributed by atoms with Crippen molar-refractivity contribution in [3.63, 3.8) is 0 Å². The lowest BCUT2D eigenvalue weighted by molar-refractivity contribution is -0.119. The molecule has 1 atom stereocenters. The van der Waals surface area contributed by atoms with Gasteiger partial charge in [0.15, 0.2) is 5.69 Å². The zero-order valence-corrected chi connectivity index (χ0v) is 19.3. The Bertz CT molecular complexity index is 1130. The van der Waals surface area contributed by atoms with Crippen LogP contribution in [0.3, 0.4) is 0 Å². The van der Waals surface area contributed by atoms with Crippen LogP contribution in [0.25, 0.3) is 11.0 Å². The van der Waals surface area contributed by atoms with Crippen molar-refractivity contribution in [3.8, 4) is 0 Å². The number of pyridine rings is 1. The van der Waals surface area contributed by atoms with Gasteiger partial charge in [-0.15, -0.1) is 0 Å². The van der Waals surface area contributed by atoms with Crippen LogP contribution in [-0.4, -0.2) is 47.8 Å². The lowest BCUT2D eigenvalue weighted by Crippen LogP contribution is -2.24. The van der Waals surface area contributed by atoms with Gasteiger partial charge in [0, 0.05) is 24.6 Å². The Morgan fingerprint density at radius 2 is 2.06 bits per heavy atom. The second-order valence-electron chi connectivity index (χ2n) is 8.55. The van der Waals surface area contributed by atoms with E-state index in [0.29, 0.717) is 55.0 Å². The number of fused-ring (bicyclic) bond motifs is 1. The van der Waals surface area contributed by atoms with E-state index in [1.54, 1.807) is 6.20 Å². The summed E-state index contributed by atoms with van der Waals surface area (Å²) in [5.41, 5.74) is 3.31. The molecule has 0 saturated carbocycles. The molecule has 1 amide bonds. The highest BCUT2D eigenvalue weighted by Gasteiger charge is 2.29. The van der Waals surface area contributed by atoms with Gasteiger partial charge in [-0.3, -0.25) is 4.79 Å². The predicted octanol–water partition coefficient (Wildman–Crippen LogP) is 3.86. The summed E-state index contributed by atoms with van der Waals surface area (Å²) in [6.45, 7) is 5.53. The fraction of sp³-hybridized carbons (Fsp3) is 0.400. The van der Waals surface area contributed by atoms with E-state index < -0.39 is 5.97 Å². The molecular formula is C25H30N4O4. The molecule has 2 N–H and O–H groups in total. The van der Waals surface area contributed by atoms with Gasteiger partial charge in [-0.05, 0) is 38.3 Å². The van der Waals surface area contributed by atoms with Crippen molar-refractivity contribution in [2.24, 2.45) is 5.92 Å². The number of rotatable bonds is 8. The summed E-state index contributed by atoms with van der Waals surface area (Å²) in [5, 5.41) is 7.04. The number of ether oxygens (including phenoxy) is 2. The monoisotopic (exact) mass is 450 g/mol. The Labute approximate surface area is 193 Å². The molecule has 0 spiro atoms. The third-order valence-corrected chi connectivity index (χ3v) is 5.75. The third kappa shape index (κ3) is 5.01. The van der Waals surface area contributed by atoms with Crippen molar-refractivity contribution in [1.82, 2.24) is 9.55 Å². The minimum absolute atomic E-state index is 0.165. The van der Waals surface area contributed by atoms with Crippen LogP contribution in [0.15, 0.2) is 42.6 Å². The van der Waals surface area contributed by atoms with Crippen LogP contribution < -0.4 is 10.6 Å². The molecule has 2 aromatic heterocycles. The van der Waals surface area contributed by atoms with Crippen LogP contribution in [0.2, 0.25) is 0 Å². The van der Waals surface area contributed by atoms with Crippen LogP contribution in [0, 0.1) is 5.92 Å². The molecule has 0 aliphatic carbocycles. The number of amides is 1. The first kappa shape index (κ1) is 22.8. The molecule has 3 heterocycles. The fourth-order valence-corrected chi connectivity index (χ4v) is 4.14. The third-order valence-electron chi connectivity index (χ3n) is 5.75. The van der Waals surface area contributed by atoms with Gasteiger partial charge in [0.05, 0.1) is 37.2 Å². The first-order valence-corrected chi connectivity index (χ1v) is 11.3. The number of methoxy groups -OCH3 is 1. The van der Waals surface area contributed by atoms with Crippen molar-refractivity contribution in [2.75, 3.05) is 31.0 Å². The zero-order chi connectivity index (χ0) is 23.4. The molecule has 0 unspecified atom stereocenters. The molecule has 3 aromatic rings. The maximum atomic E-state index is 13.0. The number of carbonyl (C=O) groups is 2. The van der Waals surface area contributed by atoms with E-state index in [4.69, 9.17) is 9.47 Å². The summed E-state index contributed by atoms with van der Waals surface area (Å²) >= 11 is 0. The predicted molar refractivity (Wildman–Crippen MR) is 128 cm³/mol. The Hall–Kier alpha value is -3.39. The highest BCUT2D eigenvalue weighted by atomic mass is 16.5. The van der Waals surface area contributed by atoms with Gasteiger partial charge in [0.1, 0.15) is 5.65 Å². The van der Waals surface area contributed by atoms with Crippen LogP contribution in [-0.2, 0) is 27.2 Å². The van der Waals surface area contributed by atoms with Gasteiger partial charge < -0.3 is 24.7 Å². The van der Waals surface area contributed by atoms with Gasteiger partial charge in [0.2, 0.25) is 5.91 Å². The van der Waals surface area contributed by atoms with Crippen molar-refractivity contribution in [2.45, 2.75) is 39.3 Å². The van der Waals surface area contributed by atoms with Crippen molar-refractivity contribution < 1.29 is 19.1 Å². The van der Waals surface area contributed by atoms with E-state index in [1.807, 2.05) is 54.8 Å². The first-order valence-electron chi connectivity index (χ1n) is 11.3. The fourth-order valence-electron chi connectivity index (χ4n) is 4.14. The summed E-state index contributed by atoms with van der Waals surface area (Å²) in [5.74, 6) is -0.928. The number of nitrogens with zero attached hydrogens (tertiary/aromatic N) is 2. The Kier molecular flexibility index (Phi) is 6.93. The molecule has 0 radical (unpaired) electrons. The van der Waals surface area contributed by atoms with Crippen molar-refractivity contribution in [1.29, 1.82) is 0 Å². The van der Waals surface area contributed by atoms with Crippen molar-refractivity contribution >= 4 is 34.3 Å². The zero-order valence-electron chi connectivity index (χ0n) is 19.3.